The monoisotopic (exact) mass is 851 g/mol. The molecular formula is C43H49NO17. The molecule has 10 atom stereocenters. The zero-order chi connectivity index (χ0) is 44.7. The lowest BCUT2D eigenvalue weighted by Crippen LogP contribution is -2.73. The van der Waals surface area contributed by atoms with Gasteiger partial charge in [0.1, 0.15) is 46.7 Å². The van der Waals surface area contributed by atoms with E-state index in [2.05, 4.69) is 4.99 Å². The summed E-state index contributed by atoms with van der Waals surface area (Å²) in [6, 6.07) is 4.05. The van der Waals surface area contributed by atoms with Crippen molar-refractivity contribution in [3.63, 3.8) is 0 Å². The predicted molar refractivity (Wildman–Crippen MR) is 209 cm³/mol. The van der Waals surface area contributed by atoms with Crippen LogP contribution in [0.3, 0.4) is 0 Å². The molecule has 1 fully saturated rings. The second kappa shape index (κ2) is 15.8. The van der Waals surface area contributed by atoms with E-state index in [0.29, 0.717) is 11.3 Å². The molecule has 1 saturated heterocycles. The van der Waals surface area contributed by atoms with E-state index in [1.807, 2.05) is 0 Å². The van der Waals surface area contributed by atoms with Gasteiger partial charge in [-0.25, -0.2) is 4.79 Å². The second-order valence-electron chi connectivity index (χ2n) is 16.0. The molecule has 1 aromatic heterocycles. The van der Waals surface area contributed by atoms with Gasteiger partial charge in [-0.05, 0) is 49.6 Å². The number of carbonyl (C=O) groups is 4. The molecule has 7 rings (SSSR count). The summed E-state index contributed by atoms with van der Waals surface area (Å²) < 4.78 is 39.5. The molecule has 0 spiro atoms. The normalized spacial score (nSPS) is 31.9. The first-order chi connectivity index (χ1) is 28.8. The van der Waals surface area contributed by atoms with Crippen molar-refractivity contribution in [2.45, 2.75) is 106 Å². The summed E-state index contributed by atoms with van der Waals surface area (Å²) in [4.78, 5) is 62.7. The number of hydrogen-bond acceptors (Lipinski definition) is 18. The van der Waals surface area contributed by atoms with Gasteiger partial charge in [0.15, 0.2) is 23.2 Å². The highest BCUT2D eigenvalue weighted by molar-refractivity contribution is 6.27. The topological polar surface area (TPSA) is 271 Å². The van der Waals surface area contributed by atoms with Gasteiger partial charge < -0.3 is 63.5 Å². The van der Waals surface area contributed by atoms with Crippen LogP contribution >= 0.6 is 0 Å². The Morgan fingerprint density at radius 2 is 1.66 bits per heavy atom. The van der Waals surface area contributed by atoms with Crippen LogP contribution in [0, 0.1) is 6.92 Å². The minimum Gasteiger partial charge on any atom is -0.507 e. The fraction of sp³-hybridized carbons (Fsp3) is 0.512. The number of hydrogen-bond donors (Lipinski definition) is 6. The fourth-order valence-electron chi connectivity index (χ4n) is 9.89. The van der Waals surface area contributed by atoms with Crippen LogP contribution in [0.1, 0.15) is 95.3 Å². The lowest BCUT2D eigenvalue weighted by Gasteiger charge is -2.54. The summed E-state index contributed by atoms with van der Waals surface area (Å²) >= 11 is 0. The Balaban J connectivity index is 1.51. The Hall–Kier alpha value is -4.89. The molecule has 0 bridgehead atoms. The zero-order valence-corrected chi connectivity index (χ0v) is 34.8. The van der Waals surface area contributed by atoms with E-state index in [4.69, 9.17) is 32.8 Å². The van der Waals surface area contributed by atoms with E-state index in [0.717, 1.165) is 27.4 Å². The van der Waals surface area contributed by atoms with E-state index in [1.165, 1.54) is 33.5 Å². The average molecular weight is 852 g/mol. The molecule has 1 aliphatic heterocycles. The Bertz CT molecular complexity index is 2350. The summed E-state index contributed by atoms with van der Waals surface area (Å²) in [5.41, 5.74) is -10.4. The van der Waals surface area contributed by atoms with Crippen LogP contribution in [0.5, 0.6) is 11.5 Å². The Kier molecular flexibility index (Phi) is 11.4. The average Bonchev–Trinajstić information content (AvgIpc) is 3.63. The highest BCUT2D eigenvalue weighted by atomic mass is 16.6. The first kappa shape index (κ1) is 44.2. The van der Waals surface area contributed by atoms with E-state index in [1.54, 1.807) is 19.9 Å². The molecular weight excluding hydrogens is 802 g/mol. The molecule has 0 saturated carbocycles. The summed E-state index contributed by atoms with van der Waals surface area (Å²) in [7, 11) is 5.84. The number of ether oxygens (including phenoxy) is 6. The number of phenolic OH excluding ortho intramolecular Hbond substituents is 2. The molecule has 0 radical (unpaired) electrons. The quantitative estimate of drug-likeness (QED) is 0.158. The zero-order valence-electron chi connectivity index (χ0n) is 34.8. The number of aromatic hydroxyl groups is 2. The number of esters is 1. The summed E-state index contributed by atoms with van der Waals surface area (Å²) in [6.45, 7) is 4.68. The number of aliphatic hydroxyl groups is 4. The molecule has 10 unspecified atom stereocenters. The second-order valence-corrected chi connectivity index (χ2v) is 16.0. The number of phenols is 2. The third-order valence-electron chi connectivity index (χ3n) is 12.6. The van der Waals surface area contributed by atoms with Crippen molar-refractivity contribution in [2.24, 2.45) is 4.99 Å². The van der Waals surface area contributed by atoms with Crippen molar-refractivity contribution in [3.05, 3.63) is 80.3 Å². The Labute approximate surface area is 349 Å². The van der Waals surface area contributed by atoms with Gasteiger partial charge in [-0.1, -0.05) is 6.07 Å². The van der Waals surface area contributed by atoms with E-state index in [-0.39, 0.29) is 39.9 Å². The Morgan fingerprint density at radius 1 is 0.967 bits per heavy atom. The van der Waals surface area contributed by atoms with Crippen molar-refractivity contribution in [1.82, 2.24) is 0 Å². The van der Waals surface area contributed by atoms with Crippen LogP contribution in [-0.2, 0) is 58.9 Å². The number of fused-ring (bicyclic) bond motifs is 5. The molecule has 3 aliphatic carbocycles. The number of aliphatic imine (C=N–C) groups is 1. The third-order valence-corrected chi connectivity index (χ3v) is 12.6. The lowest BCUT2D eigenvalue weighted by molar-refractivity contribution is -0.228. The predicted octanol–water partition coefficient (Wildman–Crippen LogP) is 1.53. The third kappa shape index (κ3) is 6.22. The van der Waals surface area contributed by atoms with Gasteiger partial charge in [0, 0.05) is 64.4 Å². The smallest absolute Gasteiger partial charge is 0.341 e. The maximum absolute atomic E-state index is 15.5. The molecule has 18 nitrogen and oxygen atoms in total. The van der Waals surface area contributed by atoms with Crippen LogP contribution in [0.2, 0.25) is 0 Å². The SMILES string of the molecule is COC(=O)c1c(C)cc2c(c1O)C1(OC)C(=O)c3cc4c(c(O)c3C(=O)C1(OC)C(O)C2)C(=O)CC(=NC1OC(C)C(OC)C(O)C1OC)C4(O)Cc1coc(CC(C)O)c1. The summed E-state index contributed by atoms with van der Waals surface area (Å²) in [5, 5.41) is 70.3. The number of carbonyl (C=O) groups excluding carboxylic acids is 4. The number of methoxy groups -OCH3 is 5. The number of nitrogens with zero attached hydrogens (tertiary/aromatic N) is 1. The van der Waals surface area contributed by atoms with Crippen molar-refractivity contribution in [2.75, 3.05) is 35.5 Å². The molecule has 3 aromatic rings. The number of Topliss-reactive ketones (excluding diaryl/α,β-unsaturated/α-hetero) is 3. The van der Waals surface area contributed by atoms with Crippen molar-refractivity contribution < 1.29 is 82.7 Å². The van der Waals surface area contributed by atoms with Crippen LogP contribution < -0.4 is 0 Å². The van der Waals surface area contributed by atoms with Gasteiger partial charge in [0.2, 0.25) is 11.6 Å². The van der Waals surface area contributed by atoms with Crippen LogP contribution in [0.4, 0.5) is 0 Å². The molecule has 4 aliphatic rings. The maximum Gasteiger partial charge on any atom is 0.341 e. The standard InChI is InChI=1S/C43H49NO17/c1-17-9-21-12-27(47)42(58-7)38(52)29-23(37(51)43(42,59-8)31(21)33(49)28(17)40(53)57-6)13-24-30(32(29)48)25(46)14-26(41(24,54)15-20-11-22(60-16-20)10-18(2)45)44-39-36(56-5)34(50)35(55-4)19(3)61-39/h9,11,13,16,18-19,27,34-36,39,45,47-50,54H,10,12,14-15H2,1-8H3. The number of furan rings is 1. The molecule has 61 heavy (non-hydrogen) atoms. The molecule has 2 heterocycles. The van der Waals surface area contributed by atoms with Gasteiger partial charge in [0.05, 0.1) is 54.9 Å². The van der Waals surface area contributed by atoms with E-state index < -0.39 is 130 Å². The highest BCUT2D eigenvalue weighted by Gasteiger charge is 2.74. The van der Waals surface area contributed by atoms with Crippen molar-refractivity contribution >= 4 is 29.0 Å². The van der Waals surface area contributed by atoms with Gasteiger partial charge in [-0.2, -0.15) is 0 Å². The van der Waals surface area contributed by atoms with Gasteiger partial charge in [-0.3, -0.25) is 19.4 Å². The van der Waals surface area contributed by atoms with Crippen molar-refractivity contribution in [3.8, 4) is 11.5 Å². The largest absolute Gasteiger partial charge is 0.507 e. The first-order valence-electron chi connectivity index (χ1n) is 19.5. The molecule has 18 heteroatoms. The Morgan fingerprint density at radius 3 is 2.26 bits per heavy atom. The van der Waals surface area contributed by atoms with E-state index >= 15 is 9.59 Å². The number of aryl methyl sites for hydroxylation is 1. The molecule has 328 valence electrons. The van der Waals surface area contributed by atoms with Gasteiger partial charge >= 0.3 is 5.97 Å². The highest BCUT2D eigenvalue weighted by Crippen LogP contribution is 2.59. The number of benzene rings is 2. The minimum absolute atomic E-state index is 0.110. The maximum atomic E-state index is 15.5. The first-order valence-corrected chi connectivity index (χ1v) is 19.5. The van der Waals surface area contributed by atoms with Gasteiger partial charge in [0.25, 0.3) is 0 Å². The fourth-order valence-corrected chi connectivity index (χ4v) is 9.89. The lowest BCUT2D eigenvalue weighted by atomic mass is 9.56. The van der Waals surface area contributed by atoms with Gasteiger partial charge in [-0.15, -0.1) is 0 Å². The van der Waals surface area contributed by atoms with Crippen molar-refractivity contribution in [1.29, 1.82) is 0 Å². The minimum atomic E-state index is -2.75. The summed E-state index contributed by atoms with van der Waals surface area (Å²) in [5.74, 6) is -5.62. The van der Waals surface area contributed by atoms with Crippen LogP contribution in [0.15, 0.2) is 33.9 Å². The number of aliphatic hydroxyl groups excluding tert-OH is 3. The van der Waals surface area contributed by atoms with Crippen LogP contribution in [0.25, 0.3) is 0 Å². The summed E-state index contributed by atoms with van der Waals surface area (Å²) in [6.07, 6.45) is -8.05. The number of rotatable bonds is 10. The van der Waals surface area contributed by atoms with E-state index in [9.17, 15) is 40.2 Å². The number of ketones is 3. The molecule has 6 N–H and O–H groups in total. The van der Waals surface area contributed by atoms with Crippen LogP contribution in [-0.4, -0.2) is 144 Å². The molecule has 0 amide bonds. The molecule has 2 aromatic carbocycles.